The van der Waals surface area contributed by atoms with Gasteiger partial charge < -0.3 is 16.0 Å². The van der Waals surface area contributed by atoms with Crippen LogP contribution in [0.2, 0.25) is 10.0 Å². The summed E-state index contributed by atoms with van der Waals surface area (Å²) in [4.78, 5) is 39.6. The summed E-state index contributed by atoms with van der Waals surface area (Å²) < 4.78 is 40.0. The van der Waals surface area contributed by atoms with Gasteiger partial charge in [-0.3, -0.25) is 14.4 Å². The van der Waals surface area contributed by atoms with Gasteiger partial charge in [0, 0.05) is 16.1 Å². The molecule has 0 aliphatic heterocycles. The van der Waals surface area contributed by atoms with E-state index in [-0.39, 0.29) is 21.4 Å². The topological polar surface area (TPSA) is 87.3 Å². The van der Waals surface area contributed by atoms with Crippen molar-refractivity contribution in [2.45, 2.75) is 23.2 Å². The van der Waals surface area contributed by atoms with Gasteiger partial charge in [-0.05, 0) is 67.1 Å². The molecule has 4 aromatic rings. The normalized spacial score (nSPS) is 12.3. The Kier molecular flexibility index (Phi) is 10.7. The number of rotatable bonds is 9. The lowest BCUT2D eigenvalue weighted by atomic mass is 10.1. The molecule has 0 radical (unpaired) electrons. The van der Waals surface area contributed by atoms with Gasteiger partial charge in [0.1, 0.15) is 5.70 Å². The molecule has 3 amide bonds. The van der Waals surface area contributed by atoms with Gasteiger partial charge in [0.15, 0.2) is 0 Å². The number of para-hydroxylation sites is 1. The molecule has 6 nitrogen and oxygen atoms in total. The lowest BCUT2D eigenvalue weighted by Gasteiger charge is -2.16. The second kappa shape index (κ2) is 14.5. The molecule has 0 fully saturated rings. The minimum atomic E-state index is -4.63. The predicted molar refractivity (Wildman–Crippen MR) is 169 cm³/mol. The van der Waals surface area contributed by atoms with Crippen molar-refractivity contribution in [3.8, 4) is 0 Å². The zero-order valence-corrected chi connectivity index (χ0v) is 25.2. The van der Waals surface area contributed by atoms with E-state index >= 15 is 0 Å². The SMILES string of the molecule is CC(Sc1cccc(NC(=O)/C(=C\c2cccc(Cl)c2Cl)NC(=O)c2ccccc2)c1)C(=O)Nc1ccccc1C(F)(F)F. The van der Waals surface area contributed by atoms with E-state index < -0.39 is 34.7 Å². The molecule has 0 saturated heterocycles. The first-order valence-electron chi connectivity index (χ1n) is 13.0. The number of anilines is 2. The van der Waals surface area contributed by atoms with Gasteiger partial charge in [0.05, 0.1) is 26.5 Å². The maximum atomic E-state index is 13.4. The molecule has 0 bridgehead atoms. The number of carbonyl (C=O) groups is 3. The Morgan fingerprint density at radius 1 is 0.841 bits per heavy atom. The van der Waals surface area contributed by atoms with Crippen LogP contribution >= 0.6 is 35.0 Å². The lowest BCUT2D eigenvalue weighted by Crippen LogP contribution is -2.30. The van der Waals surface area contributed by atoms with Crippen LogP contribution < -0.4 is 16.0 Å². The first kappa shape index (κ1) is 32.7. The molecular formula is C32H24Cl2F3N3O3S. The fraction of sp³-hybridized carbons (Fsp3) is 0.0938. The van der Waals surface area contributed by atoms with E-state index in [0.29, 0.717) is 21.7 Å². The minimum absolute atomic E-state index is 0.114. The Morgan fingerprint density at radius 3 is 2.25 bits per heavy atom. The molecule has 0 heterocycles. The van der Waals surface area contributed by atoms with Crippen molar-refractivity contribution in [1.82, 2.24) is 5.32 Å². The second-order valence-corrected chi connectivity index (χ2v) is 11.5. The molecule has 12 heteroatoms. The number of hydrogen-bond donors (Lipinski definition) is 3. The van der Waals surface area contributed by atoms with Crippen molar-refractivity contribution in [1.29, 1.82) is 0 Å². The van der Waals surface area contributed by atoms with Gasteiger partial charge in [-0.15, -0.1) is 11.8 Å². The van der Waals surface area contributed by atoms with Crippen LogP contribution in [-0.2, 0) is 15.8 Å². The highest BCUT2D eigenvalue weighted by Gasteiger charge is 2.34. The average Bonchev–Trinajstić information content (AvgIpc) is 2.99. The Hall–Kier alpha value is -4.25. The summed E-state index contributed by atoms with van der Waals surface area (Å²) >= 11 is 13.5. The number of hydrogen-bond acceptors (Lipinski definition) is 4. The molecule has 0 saturated carbocycles. The molecule has 1 atom stereocenters. The van der Waals surface area contributed by atoms with Crippen LogP contribution in [0.3, 0.4) is 0 Å². The maximum absolute atomic E-state index is 13.4. The highest BCUT2D eigenvalue weighted by atomic mass is 35.5. The second-order valence-electron chi connectivity index (χ2n) is 9.30. The minimum Gasteiger partial charge on any atom is -0.325 e. The Labute approximate surface area is 265 Å². The fourth-order valence-corrected chi connectivity index (χ4v) is 5.20. The molecule has 44 heavy (non-hydrogen) atoms. The first-order valence-corrected chi connectivity index (χ1v) is 14.6. The van der Waals surface area contributed by atoms with Crippen molar-refractivity contribution in [3.05, 3.63) is 129 Å². The molecular weight excluding hydrogens is 634 g/mol. The molecule has 1 unspecified atom stereocenters. The van der Waals surface area contributed by atoms with Crippen LogP contribution in [0.15, 0.2) is 108 Å². The first-order chi connectivity index (χ1) is 20.9. The number of alkyl halides is 3. The number of benzene rings is 4. The fourth-order valence-electron chi connectivity index (χ4n) is 3.91. The lowest BCUT2D eigenvalue weighted by molar-refractivity contribution is -0.137. The van der Waals surface area contributed by atoms with E-state index in [0.717, 1.165) is 17.8 Å². The number of thioether (sulfide) groups is 1. The van der Waals surface area contributed by atoms with Crippen molar-refractivity contribution < 1.29 is 27.6 Å². The van der Waals surface area contributed by atoms with Gasteiger partial charge in [-0.25, -0.2) is 0 Å². The summed E-state index contributed by atoms with van der Waals surface area (Å²) in [6, 6.07) is 24.4. The maximum Gasteiger partial charge on any atom is 0.418 e. The summed E-state index contributed by atoms with van der Waals surface area (Å²) in [5, 5.41) is 7.36. The molecule has 0 aliphatic rings. The zero-order valence-electron chi connectivity index (χ0n) is 22.9. The third kappa shape index (κ3) is 8.66. The zero-order chi connectivity index (χ0) is 31.9. The van der Waals surface area contributed by atoms with Gasteiger partial charge in [0.25, 0.3) is 11.8 Å². The third-order valence-electron chi connectivity index (χ3n) is 6.07. The van der Waals surface area contributed by atoms with Crippen LogP contribution in [0.25, 0.3) is 6.08 Å². The van der Waals surface area contributed by atoms with Crippen molar-refractivity contribution in [3.63, 3.8) is 0 Å². The van der Waals surface area contributed by atoms with Crippen molar-refractivity contribution in [2.75, 3.05) is 10.6 Å². The van der Waals surface area contributed by atoms with E-state index in [1.54, 1.807) is 79.7 Å². The highest BCUT2D eigenvalue weighted by molar-refractivity contribution is 8.00. The van der Waals surface area contributed by atoms with Crippen LogP contribution in [0.4, 0.5) is 24.5 Å². The number of halogens is 5. The smallest absolute Gasteiger partial charge is 0.325 e. The van der Waals surface area contributed by atoms with Crippen LogP contribution in [0, 0.1) is 0 Å². The number of amides is 3. The standard InChI is InChI=1S/C32H24Cl2F3N3O3S/c1-19(29(41)39-26-16-6-5-14-24(26)32(35,36)37)44-23-13-8-12-22(18-23)38-31(43)27(17-21-11-7-15-25(33)28(21)34)40-30(42)20-9-3-2-4-10-20/h2-19H,1H3,(H,38,43)(H,39,41)(H,40,42)/b27-17+. The van der Waals surface area contributed by atoms with Crippen LogP contribution in [0.1, 0.15) is 28.4 Å². The van der Waals surface area contributed by atoms with Crippen LogP contribution in [-0.4, -0.2) is 23.0 Å². The molecule has 4 aromatic carbocycles. The largest absolute Gasteiger partial charge is 0.418 e. The Morgan fingerprint density at radius 2 is 1.52 bits per heavy atom. The van der Waals surface area contributed by atoms with Gasteiger partial charge in [-0.2, -0.15) is 13.2 Å². The van der Waals surface area contributed by atoms with E-state index in [2.05, 4.69) is 16.0 Å². The Balaban J connectivity index is 1.51. The van der Waals surface area contributed by atoms with E-state index in [1.165, 1.54) is 24.3 Å². The monoisotopic (exact) mass is 657 g/mol. The van der Waals surface area contributed by atoms with E-state index in [4.69, 9.17) is 23.2 Å². The summed E-state index contributed by atoms with van der Waals surface area (Å²) in [5.74, 6) is -1.82. The number of carbonyl (C=O) groups excluding carboxylic acids is 3. The molecule has 0 aromatic heterocycles. The third-order valence-corrected chi connectivity index (χ3v) is 8.00. The predicted octanol–water partition coefficient (Wildman–Crippen LogP) is 8.54. The van der Waals surface area contributed by atoms with Gasteiger partial charge in [0.2, 0.25) is 5.91 Å². The van der Waals surface area contributed by atoms with E-state index in [1.807, 2.05) is 0 Å². The quantitative estimate of drug-likeness (QED) is 0.124. The van der Waals surface area contributed by atoms with Crippen LogP contribution in [0.5, 0.6) is 0 Å². The van der Waals surface area contributed by atoms with Crippen molar-refractivity contribution >= 4 is 70.1 Å². The summed E-state index contributed by atoms with van der Waals surface area (Å²) in [6.45, 7) is 1.55. The van der Waals surface area contributed by atoms with Gasteiger partial charge >= 0.3 is 6.18 Å². The molecule has 0 spiro atoms. The molecule has 226 valence electrons. The van der Waals surface area contributed by atoms with Crippen molar-refractivity contribution in [2.24, 2.45) is 0 Å². The molecule has 3 N–H and O–H groups in total. The average molecular weight is 659 g/mol. The summed E-state index contributed by atoms with van der Waals surface area (Å²) in [5.41, 5.74) is -0.335. The number of nitrogens with one attached hydrogen (secondary N) is 3. The molecule has 0 aliphatic carbocycles. The highest BCUT2D eigenvalue weighted by Crippen LogP contribution is 2.35. The van der Waals surface area contributed by atoms with E-state index in [9.17, 15) is 27.6 Å². The van der Waals surface area contributed by atoms with Gasteiger partial charge in [-0.1, -0.05) is 71.7 Å². The summed E-state index contributed by atoms with van der Waals surface area (Å²) in [6.07, 6.45) is -3.23. The Bertz CT molecular complexity index is 1720. The summed E-state index contributed by atoms with van der Waals surface area (Å²) in [7, 11) is 0. The molecule has 4 rings (SSSR count).